The lowest BCUT2D eigenvalue weighted by molar-refractivity contribution is 0.330. The van der Waals surface area contributed by atoms with E-state index in [4.69, 9.17) is 0 Å². The monoisotopic (exact) mass is 321 g/mol. The van der Waals surface area contributed by atoms with Gasteiger partial charge in [-0.2, -0.15) is 0 Å². The van der Waals surface area contributed by atoms with Gasteiger partial charge in [-0.1, -0.05) is 76.2 Å². The first kappa shape index (κ1) is 17.2. The van der Waals surface area contributed by atoms with E-state index in [0.717, 1.165) is 0 Å². The van der Waals surface area contributed by atoms with E-state index in [1.807, 2.05) is 0 Å². The Morgan fingerprint density at radius 1 is 0.667 bits per heavy atom. The van der Waals surface area contributed by atoms with Crippen molar-refractivity contribution in [2.24, 2.45) is 0 Å². The van der Waals surface area contributed by atoms with Crippen LogP contribution >= 0.6 is 0 Å². The third-order valence-corrected chi connectivity index (χ3v) is 5.40. The van der Waals surface area contributed by atoms with Gasteiger partial charge in [-0.05, 0) is 53.4 Å². The first-order valence-corrected chi connectivity index (χ1v) is 9.50. The van der Waals surface area contributed by atoms with E-state index in [0.29, 0.717) is 23.9 Å². The maximum Gasteiger partial charge on any atom is 0.0325 e. The molecule has 2 atom stereocenters. The second kappa shape index (κ2) is 7.53. The predicted octanol–water partition coefficient (Wildman–Crippen LogP) is 6.49. The van der Waals surface area contributed by atoms with Crippen molar-refractivity contribution in [2.45, 2.75) is 70.9 Å². The van der Waals surface area contributed by atoms with E-state index in [1.54, 1.807) is 0 Å². The lowest BCUT2D eigenvalue weighted by atomic mass is 9.88. The molecule has 0 radical (unpaired) electrons. The largest absolute Gasteiger partial charge is 0.303 e. The summed E-state index contributed by atoms with van der Waals surface area (Å²) in [5.74, 6) is 1.20. The van der Waals surface area contributed by atoms with E-state index in [1.165, 1.54) is 41.5 Å². The fourth-order valence-electron chi connectivity index (χ4n) is 3.69. The number of benzene rings is 2. The summed E-state index contributed by atoms with van der Waals surface area (Å²) in [4.78, 5) is 0. The fourth-order valence-corrected chi connectivity index (χ4v) is 3.69. The number of piperidine rings is 1. The Kier molecular flexibility index (Phi) is 5.40. The van der Waals surface area contributed by atoms with Crippen LogP contribution in [0.25, 0.3) is 0 Å². The van der Waals surface area contributed by atoms with Gasteiger partial charge in [0.05, 0.1) is 0 Å². The van der Waals surface area contributed by atoms with Gasteiger partial charge in [0.25, 0.3) is 0 Å². The van der Waals surface area contributed by atoms with Crippen LogP contribution in [0.5, 0.6) is 0 Å². The van der Waals surface area contributed by atoms with Crippen LogP contribution in [0.15, 0.2) is 48.5 Å². The number of hydrogen-bond donors (Lipinski definition) is 1. The minimum absolute atomic E-state index is 0.481. The zero-order valence-corrected chi connectivity index (χ0v) is 15.5. The van der Waals surface area contributed by atoms with Crippen molar-refractivity contribution in [1.82, 2.24) is 5.32 Å². The topological polar surface area (TPSA) is 12.0 Å². The van der Waals surface area contributed by atoms with Gasteiger partial charge in [-0.25, -0.2) is 0 Å². The van der Waals surface area contributed by atoms with Gasteiger partial charge in [0.15, 0.2) is 0 Å². The molecule has 0 saturated carbocycles. The van der Waals surface area contributed by atoms with E-state index in [9.17, 15) is 0 Å². The van der Waals surface area contributed by atoms with Crippen molar-refractivity contribution in [3.63, 3.8) is 0 Å². The number of nitrogens with one attached hydrogen (secondary N) is 1. The highest BCUT2D eigenvalue weighted by Gasteiger charge is 2.23. The molecule has 0 spiro atoms. The average molecular weight is 322 g/mol. The maximum atomic E-state index is 3.88. The molecule has 1 aliphatic rings. The Balaban J connectivity index is 1.71. The third-order valence-electron chi connectivity index (χ3n) is 5.40. The highest BCUT2D eigenvalue weighted by molar-refractivity contribution is 5.30. The highest BCUT2D eigenvalue weighted by Crippen LogP contribution is 2.33. The zero-order chi connectivity index (χ0) is 17.1. The molecule has 24 heavy (non-hydrogen) atoms. The molecule has 1 aliphatic heterocycles. The molecule has 1 saturated heterocycles. The van der Waals surface area contributed by atoms with Gasteiger partial charge in [0, 0.05) is 12.1 Å². The van der Waals surface area contributed by atoms with Gasteiger partial charge in [-0.3, -0.25) is 0 Å². The molecule has 128 valence electrons. The minimum Gasteiger partial charge on any atom is -0.303 e. The molecule has 0 amide bonds. The Morgan fingerprint density at radius 2 is 1.04 bits per heavy atom. The van der Waals surface area contributed by atoms with Crippen LogP contribution in [0.3, 0.4) is 0 Å². The minimum atomic E-state index is 0.481. The molecular weight excluding hydrogens is 290 g/mol. The summed E-state index contributed by atoms with van der Waals surface area (Å²) < 4.78 is 0. The summed E-state index contributed by atoms with van der Waals surface area (Å²) in [6, 6.07) is 19.4. The van der Waals surface area contributed by atoms with Crippen molar-refractivity contribution in [2.75, 3.05) is 0 Å². The van der Waals surface area contributed by atoms with Crippen LogP contribution < -0.4 is 5.32 Å². The molecule has 1 heterocycles. The van der Waals surface area contributed by atoms with Gasteiger partial charge in [-0.15, -0.1) is 0 Å². The first-order chi connectivity index (χ1) is 11.5. The van der Waals surface area contributed by atoms with Crippen LogP contribution in [0, 0.1) is 0 Å². The molecular formula is C23H31N. The molecule has 1 N–H and O–H groups in total. The summed E-state index contributed by atoms with van der Waals surface area (Å²) in [6.45, 7) is 9.02. The molecule has 1 nitrogen and oxygen atoms in total. The van der Waals surface area contributed by atoms with Gasteiger partial charge >= 0.3 is 0 Å². The van der Waals surface area contributed by atoms with Crippen LogP contribution in [-0.2, 0) is 0 Å². The SMILES string of the molecule is CC(C)c1ccc(C2CCC[C@H](c3ccc(C(C)C)cc3)N2)cc1. The van der Waals surface area contributed by atoms with E-state index in [2.05, 4.69) is 81.5 Å². The average Bonchev–Trinajstić information content (AvgIpc) is 2.62. The van der Waals surface area contributed by atoms with Crippen molar-refractivity contribution in [3.8, 4) is 0 Å². The molecule has 3 rings (SSSR count). The molecule has 1 unspecified atom stereocenters. The first-order valence-electron chi connectivity index (χ1n) is 9.50. The Bertz CT molecular complexity index is 579. The molecule has 0 aliphatic carbocycles. The second-order valence-electron chi connectivity index (χ2n) is 7.85. The second-order valence-corrected chi connectivity index (χ2v) is 7.85. The van der Waals surface area contributed by atoms with E-state index >= 15 is 0 Å². The van der Waals surface area contributed by atoms with Crippen LogP contribution in [-0.4, -0.2) is 0 Å². The standard InChI is InChI=1S/C23H31N/c1-16(2)18-8-12-20(13-9-18)22-6-5-7-23(24-22)21-14-10-19(11-15-21)17(3)4/h8-17,22-24H,5-7H2,1-4H3/t22-,23?/m1/s1. The maximum absolute atomic E-state index is 3.88. The summed E-state index contributed by atoms with van der Waals surface area (Å²) in [5.41, 5.74) is 5.72. The lowest BCUT2D eigenvalue weighted by Gasteiger charge is -2.32. The normalized spacial score (nSPS) is 21.4. The Labute approximate surface area is 147 Å². The van der Waals surface area contributed by atoms with Crippen molar-refractivity contribution in [3.05, 3.63) is 70.8 Å². The van der Waals surface area contributed by atoms with Gasteiger partial charge in [0.2, 0.25) is 0 Å². The zero-order valence-electron chi connectivity index (χ0n) is 15.5. The van der Waals surface area contributed by atoms with Gasteiger partial charge in [0.1, 0.15) is 0 Å². The van der Waals surface area contributed by atoms with Crippen LogP contribution in [0.1, 0.15) is 93.1 Å². The number of rotatable bonds is 4. The molecule has 0 aromatic heterocycles. The molecule has 2 aromatic carbocycles. The van der Waals surface area contributed by atoms with Crippen LogP contribution in [0.4, 0.5) is 0 Å². The smallest absolute Gasteiger partial charge is 0.0325 e. The fraction of sp³-hybridized carbons (Fsp3) is 0.478. The molecule has 1 heteroatoms. The predicted molar refractivity (Wildman–Crippen MR) is 104 cm³/mol. The number of hydrogen-bond acceptors (Lipinski definition) is 1. The van der Waals surface area contributed by atoms with Gasteiger partial charge < -0.3 is 5.32 Å². The van der Waals surface area contributed by atoms with Crippen LogP contribution in [0.2, 0.25) is 0 Å². The molecule has 1 fully saturated rings. The molecule has 0 bridgehead atoms. The summed E-state index contributed by atoms with van der Waals surface area (Å²) in [6.07, 6.45) is 3.77. The van der Waals surface area contributed by atoms with Crippen molar-refractivity contribution < 1.29 is 0 Å². The lowest BCUT2D eigenvalue weighted by Crippen LogP contribution is -2.30. The van der Waals surface area contributed by atoms with E-state index in [-0.39, 0.29) is 0 Å². The van der Waals surface area contributed by atoms with Crippen molar-refractivity contribution >= 4 is 0 Å². The van der Waals surface area contributed by atoms with E-state index < -0.39 is 0 Å². The summed E-state index contributed by atoms with van der Waals surface area (Å²) in [7, 11) is 0. The molecule has 2 aromatic rings. The highest BCUT2D eigenvalue weighted by atomic mass is 15.0. The Morgan fingerprint density at radius 3 is 1.38 bits per heavy atom. The summed E-state index contributed by atoms with van der Waals surface area (Å²) >= 11 is 0. The Hall–Kier alpha value is -1.60. The quantitative estimate of drug-likeness (QED) is 0.678. The summed E-state index contributed by atoms with van der Waals surface area (Å²) in [5, 5.41) is 3.88. The third kappa shape index (κ3) is 3.89. The van der Waals surface area contributed by atoms with Crippen molar-refractivity contribution in [1.29, 1.82) is 0 Å².